The number of anilines is 1. The second-order valence-corrected chi connectivity index (χ2v) is 34.8. The summed E-state index contributed by atoms with van der Waals surface area (Å²) in [6, 6.07) is 83.2. The van der Waals surface area contributed by atoms with Crippen LogP contribution in [0.5, 0.6) is 0 Å². The minimum Gasteiger partial charge on any atom is -0.374 e. The van der Waals surface area contributed by atoms with E-state index in [-0.39, 0.29) is 89.1 Å². The van der Waals surface area contributed by atoms with Gasteiger partial charge in [0, 0.05) is 5.54 Å². The van der Waals surface area contributed by atoms with E-state index in [2.05, 4.69) is 5.32 Å². The van der Waals surface area contributed by atoms with Gasteiger partial charge in [0.15, 0.2) is 29.5 Å². The van der Waals surface area contributed by atoms with Crippen LogP contribution in [-0.4, -0.2) is 87.3 Å². The maximum absolute atomic E-state index is 16.7. The molecule has 2 unspecified atom stereocenters. The summed E-state index contributed by atoms with van der Waals surface area (Å²) in [5, 5.41) is 3.83. The number of phosphoric ester groups is 3. The highest BCUT2D eigenvalue weighted by Gasteiger charge is 2.61. The van der Waals surface area contributed by atoms with Crippen LogP contribution in [0.15, 0.2) is 279 Å². The van der Waals surface area contributed by atoms with Crippen LogP contribution in [0.1, 0.15) is 88.4 Å². The molecule has 598 valence electrons. The maximum Gasteiger partial charge on any atom is 0.475 e. The lowest BCUT2D eigenvalue weighted by Gasteiger charge is -2.47. The van der Waals surface area contributed by atoms with Crippen molar-refractivity contribution in [1.29, 1.82) is 0 Å². The van der Waals surface area contributed by atoms with Gasteiger partial charge in [-0.15, -0.1) is 0 Å². The number of imidazole rings is 1. The molecule has 23 nitrogen and oxygen atoms in total. The summed E-state index contributed by atoms with van der Waals surface area (Å²) in [5.41, 5.74) is 6.50. The fourth-order valence-corrected chi connectivity index (χ4v) is 20.3. The highest BCUT2D eigenvalue weighted by atomic mass is 35.5. The number of hydrogen-bond donors (Lipinski definition) is 1. The molecule has 0 spiro atoms. The minimum atomic E-state index is -5.06. The van der Waals surface area contributed by atoms with Gasteiger partial charge >= 0.3 is 23.5 Å². The third kappa shape index (κ3) is 20.8. The second-order valence-electron chi connectivity index (χ2n) is 29.6. The van der Waals surface area contributed by atoms with Crippen LogP contribution in [0.25, 0.3) is 11.2 Å². The minimum absolute atomic E-state index is 0.0202. The van der Waals surface area contributed by atoms with E-state index in [1.165, 1.54) is 6.42 Å². The summed E-state index contributed by atoms with van der Waals surface area (Å²) in [6.07, 6.45) is -7.32. The normalized spacial score (nSPS) is 23.9. The fourth-order valence-electron chi connectivity index (χ4n) is 16.1. The van der Waals surface area contributed by atoms with Crippen molar-refractivity contribution in [1.82, 2.24) is 19.5 Å². The molecule has 115 heavy (non-hydrogen) atoms. The molecule has 2 aliphatic heterocycles. The van der Waals surface area contributed by atoms with Crippen LogP contribution in [0, 0.1) is 17.8 Å². The van der Waals surface area contributed by atoms with E-state index < -0.39 is 78.7 Å². The van der Waals surface area contributed by atoms with E-state index in [0.717, 1.165) is 36.8 Å². The lowest BCUT2D eigenvalue weighted by Crippen LogP contribution is -2.62. The summed E-state index contributed by atoms with van der Waals surface area (Å²) in [6.45, 7) is -2.30. The molecule has 27 heteroatoms. The molecular weight excluding hydrogens is 1540 g/mol. The first-order chi connectivity index (χ1) is 56.3. The van der Waals surface area contributed by atoms with E-state index in [4.69, 9.17) is 95.7 Å². The summed E-state index contributed by atoms with van der Waals surface area (Å²) in [5.74, 6) is 2.09. The second kappa shape index (κ2) is 38.0. The zero-order valence-electron chi connectivity index (χ0n) is 63.2. The number of benzene rings is 9. The Hall–Kier alpha value is -8.29. The number of fused-ring (bicyclic) bond motifs is 1. The van der Waals surface area contributed by atoms with Crippen LogP contribution in [0.2, 0.25) is 5.28 Å². The van der Waals surface area contributed by atoms with Crippen molar-refractivity contribution in [3.63, 3.8) is 0 Å². The third-order valence-corrected chi connectivity index (χ3v) is 25.8. The first-order valence-corrected chi connectivity index (χ1v) is 43.6. The fraction of sp³-hybridized carbons (Fsp3) is 0.330. The van der Waals surface area contributed by atoms with Crippen LogP contribution < -0.4 is 5.32 Å². The number of phosphoric acid groups is 3. The zero-order chi connectivity index (χ0) is 78.3. The highest BCUT2D eigenvalue weighted by molar-refractivity contribution is 7.49. The summed E-state index contributed by atoms with van der Waals surface area (Å²) >= 11 is 7.12. The average molecular weight is 1640 g/mol. The number of ether oxygens (including phenoxy) is 6. The van der Waals surface area contributed by atoms with Gasteiger partial charge in [0.1, 0.15) is 42.7 Å². The van der Waals surface area contributed by atoms with Crippen molar-refractivity contribution < 1.29 is 82.8 Å². The van der Waals surface area contributed by atoms with Crippen molar-refractivity contribution in [2.75, 3.05) is 18.5 Å². The van der Waals surface area contributed by atoms with Crippen molar-refractivity contribution in [3.8, 4) is 0 Å². The van der Waals surface area contributed by atoms with Gasteiger partial charge in [-0.25, -0.2) is 18.7 Å². The van der Waals surface area contributed by atoms with Gasteiger partial charge in [0.25, 0.3) is 0 Å². The van der Waals surface area contributed by atoms with E-state index in [9.17, 15) is 0 Å². The Kier molecular flexibility index (Phi) is 26.6. The molecule has 6 aliphatic rings. The molecule has 4 heterocycles. The molecule has 0 radical (unpaired) electrons. The van der Waals surface area contributed by atoms with Crippen molar-refractivity contribution in [2.45, 2.75) is 152 Å². The SMILES string of the molecule is O=P(OCc1ccccc1)(OCc1ccccc1)O[C@@H]1[C@@H](OCc2ccccc2)[C@@H](O[C@H]2[C@@H](OP(=O)(OCc3ccccc3)OCc3ccccc3)[C@H](n3cnc4c(NC56C[C@@H]7CC5C[C@@H](C7)C6)nc(Cl)nc43)O[C@@H]2COCc2ccccc2)O[C@H](COCc2ccccc2)[C@H]1OP(=O)(OCc1ccccc1)OCc1ccccc1. The summed E-state index contributed by atoms with van der Waals surface area (Å²) in [4.78, 5) is 14.8. The van der Waals surface area contributed by atoms with E-state index in [1.54, 1.807) is 10.9 Å². The molecule has 4 bridgehead atoms. The number of nitrogens with one attached hydrogen (secondary N) is 1. The topological polar surface area (TPSA) is 245 Å². The lowest BCUT2D eigenvalue weighted by atomic mass is 9.80. The molecule has 0 amide bonds. The first-order valence-electron chi connectivity index (χ1n) is 38.8. The Labute approximate surface area is 673 Å². The van der Waals surface area contributed by atoms with Gasteiger partial charge < -0.3 is 33.7 Å². The molecule has 9 aromatic carbocycles. The van der Waals surface area contributed by atoms with E-state index in [0.29, 0.717) is 68.0 Å². The predicted octanol–water partition coefficient (Wildman–Crippen LogP) is 19.3. The molecular formula is C88H91ClN5O18P3. The molecule has 4 saturated carbocycles. The quantitative estimate of drug-likeness (QED) is 0.0277. The summed E-state index contributed by atoms with van der Waals surface area (Å²) in [7, 11) is -15.0. The van der Waals surface area contributed by atoms with Gasteiger partial charge in [-0.3, -0.25) is 45.3 Å². The number of halogens is 1. The molecule has 1 N–H and O–H groups in total. The van der Waals surface area contributed by atoms with Gasteiger partial charge in [-0.1, -0.05) is 273 Å². The number of rotatable bonds is 40. The van der Waals surface area contributed by atoms with Gasteiger partial charge in [0.2, 0.25) is 5.28 Å². The Bertz CT molecular complexity index is 4880. The largest absolute Gasteiger partial charge is 0.475 e. The van der Waals surface area contributed by atoms with E-state index in [1.807, 2.05) is 273 Å². The number of aromatic nitrogens is 4. The smallest absolute Gasteiger partial charge is 0.374 e. The Balaban J connectivity index is 0.860. The van der Waals surface area contributed by atoms with Gasteiger partial charge in [-0.2, -0.15) is 9.97 Å². The van der Waals surface area contributed by atoms with Crippen molar-refractivity contribution in [2.24, 2.45) is 17.8 Å². The Morgan fingerprint density at radius 3 is 1.14 bits per heavy atom. The highest BCUT2D eigenvalue weighted by Crippen LogP contribution is 2.63. The monoisotopic (exact) mass is 1630 g/mol. The predicted molar refractivity (Wildman–Crippen MR) is 430 cm³/mol. The van der Waals surface area contributed by atoms with Crippen LogP contribution in [0.4, 0.5) is 5.82 Å². The molecule has 11 aromatic rings. The van der Waals surface area contributed by atoms with Crippen molar-refractivity contribution >= 4 is 52.1 Å². The standard InChI is InChI=1S/C88H91ClN5O18P3/c89-87-91-83(93-88-49-72-46-73(50-88)48-74(88)47-72)77-84(92-87)94(62-90-77)85-81(112-115(97,105-58-70-42-24-8-25-43-70)106-59-71-44-26-9-27-45-71)78(75(107-85)60-98-51-63-28-10-1-11-29-63)109-86-82(100-53-65-32-14-3-15-33-65)80(111-114(96,103-56-68-38-20-6-21-39-68)104-57-69-40-22-7-23-41-69)79(76(108-86)61-99-52-64-30-12-2-13-31-64)110-113(95,101-54-66-34-16-4-17-35-66)102-55-67-36-18-5-19-37-67/h1-45,62,72-76,78-82,85-86H,46-61H2,(H,91,92,93)/t72-,73+,74?,75-,76-,78-,79-,80+,81-,82-,85-,86-,88?/m1/s1. The average Bonchev–Trinajstić information content (AvgIpc) is 1.55. The molecule has 17 rings (SSSR count). The molecule has 4 aliphatic carbocycles. The van der Waals surface area contributed by atoms with Crippen LogP contribution in [0.3, 0.4) is 0 Å². The molecule has 13 atom stereocenters. The van der Waals surface area contributed by atoms with E-state index >= 15 is 13.7 Å². The molecule has 2 aromatic heterocycles. The zero-order valence-corrected chi connectivity index (χ0v) is 66.6. The van der Waals surface area contributed by atoms with Crippen LogP contribution in [-0.2, 0) is 142 Å². The lowest BCUT2D eigenvalue weighted by molar-refractivity contribution is -0.325. The first kappa shape index (κ1) is 80.5. The third-order valence-electron chi connectivity index (χ3n) is 21.4. The van der Waals surface area contributed by atoms with Gasteiger partial charge in [0.05, 0.1) is 79.0 Å². The number of nitrogens with zero attached hydrogens (tertiary/aromatic N) is 4. The Morgan fingerprint density at radius 2 is 0.748 bits per heavy atom. The Morgan fingerprint density at radius 1 is 0.400 bits per heavy atom. The molecule has 6 fully saturated rings. The summed E-state index contributed by atoms with van der Waals surface area (Å²) < 4.78 is 155. The maximum atomic E-state index is 16.7. The van der Waals surface area contributed by atoms with Crippen LogP contribution >= 0.6 is 35.1 Å². The number of hydrogen-bond acceptors (Lipinski definition) is 22. The molecule has 2 saturated heterocycles. The van der Waals surface area contributed by atoms with Crippen molar-refractivity contribution in [3.05, 3.63) is 335 Å². The van der Waals surface area contributed by atoms with Gasteiger partial charge in [-0.05, 0) is 112 Å².